The van der Waals surface area contributed by atoms with E-state index in [-0.39, 0.29) is 57.2 Å². The molecule has 2 saturated heterocycles. The Bertz CT molecular complexity index is 1280. The van der Waals surface area contributed by atoms with Gasteiger partial charge < -0.3 is 9.47 Å². The number of piperidine rings is 2. The van der Waals surface area contributed by atoms with E-state index in [1.165, 1.54) is 11.1 Å². The van der Waals surface area contributed by atoms with Gasteiger partial charge in [-0.3, -0.25) is 19.4 Å². The fraction of sp³-hybridized carbons (Fsp3) is 0.773. The molecule has 0 aliphatic carbocycles. The Morgan fingerprint density at radius 2 is 1.18 bits per heavy atom. The van der Waals surface area contributed by atoms with E-state index in [4.69, 9.17) is 9.47 Å². The summed E-state index contributed by atoms with van der Waals surface area (Å²) in [6, 6.07) is 6.74. The van der Waals surface area contributed by atoms with Crippen LogP contribution in [0.4, 0.5) is 0 Å². The number of ketones is 1. The van der Waals surface area contributed by atoms with Gasteiger partial charge in [-0.2, -0.15) is 0 Å². The van der Waals surface area contributed by atoms with Gasteiger partial charge in [0.25, 0.3) is 0 Å². The standard InChI is InChI=1S/C44H74N2O4/c1-30(49-18)19-20-44(36(47)23-32-25-40(8,9)45(16)41(10,11)26-32,37(48)50-35-28-42(12,13)46(17)43(14,15)29-35)27-31-21-33(38(2,3)4)24-34(22-31)39(5,6)7/h21-22,24,32,35H,1,19-20,23,25-29H2,2-18H3. The van der Waals surface area contributed by atoms with Crippen molar-refractivity contribution in [3.8, 4) is 0 Å². The Balaban J connectivity index is 2.22. The second-order valence-corrected chi connectivity index (χ2v) is 20.6. The summed E-state index contributed by atoms with van der Waals surface area (Å²) in [4.78, 5) is 35.3. The van der Waals surface area contributed by atoms with Gasteiger partial charge in [0, 0.05) is 47.8 Å². The quantitative estimate of drug-likeness (QED) is 0.131. The summed E-state index contributed by atoms with van der Waals surface area (Å²) in [7, 11) is 5.95. The first-order chi connectivity index (χ1) is 22.5. The van der Waals surface area contributed by atoms with Crippen molar-refractivity contribution >= 4 is 11.8 Å². The predicted molar refractivity (Wildman–Crippen MR) is 209 cm³/mol. The first-order valence-electron chi connectivity index (χ1n) is 19.1. The van der Waals surface area contributed by atoms with Crippen molar-refractivity contribution in [2.24, 2.45) is 11.3 Å². The van der Waals surface area contributed by atoms with E-state index in [0.717, 1.165) is 18.4 Å². The van der Waals surface area contributed by atoms with Crippen LogP contribution in [0.25, 0.3) is 0 Å². The summed E-state index contributed by atoms with van der Waals surface area (Å²) in [6.45, 7) is 35.4. The molecule has 6 heteroatoms. The monoisotopic (exact) mass is 695 g/mol. The number of methoxy groups -OCH3 is 1. The summed E-state index contributed by atoms with van der Waals surface area (Å²) in [5.74, 6) is 0.306. The highest BCUT2D eigenvalue weighted by molar-refractivity contribution is 6.04. The molecular weight excluding hydrogens is 620 g/mol. The second kappa shape index (κ2) is 14.3. The van der Waals surface area contributed by atoms with Gasteiger partial charge >= 0.3 is 5.97 Å². The van der Waals surface area contributed by atoms with Crippen LogP contribution in [-0.4, -0.2) is 71.0 Å². The molecule has 2 aliphatic rings. The molecule has 0 radical (unpaired) electrons. The number of allylic oxidation sites excluding steroid dienone is 1. The number of rotatable bonds is 11. The molecule has 0 aromatic heterocycles. The van der Waals surface area contributed by atoms with E-state index in [9.17, 15) is 0 Å². The van der Waals surface area contributed by atoms with Crippen LogP contribution in [0.5, 0.6) is 0 Å². The van der Waals surface area contributed by atoms with Crippen molar-refractivity contribution < 1.29 is 19.1 Å². The number of Topliss-reactive ketones (excluding diaryl/α,β-unsaturated/α-hetero) is 1. The summed E-state index contributed by atoms with van der Waals surface area (Å²) < 4.78 is 12.2. The number of nitrogens with zero attached hydrogens (tertiary/aromatic N) is 2. The molecule has 0 saturated carbocycles. The van der Waals surface area contributed by atoms with Crippen LogP contribution in [0.3, 0.4) is 0 Å². The Hall–Kier alpha value is -2.18. The lowest BCUT2D eigenvalue weighted by atomic mass is 9.67. The largest absolute Gasteiger partial charge is 0.502 e. The number of esters is 1. The van der Waals surface area contributed by atoms with Gasteiger partial charge in [0.1, 0.15) is 11.5 Å². The molecule has 1 aromatic carbocycles. The summed E-state index contributed by atoms with van der Waals surface area (Å²) in [6.07, 6.45) is 4.21. The van der Waals surface area contributed by atoms with Crippen LogP contribution >= 0.6 is 0 Å². The number of carbonyl (C=O) groups excluding carboxylic acids is 2. The SMILES string of the molecule is C=C(CCC(Cc1cc(C(C)(C)C)cc(C(C)(C)C)c1)(C(=O)CC1CC(C)(C)N(C)C(C)(C)C1)C(=O)OC1CC(C)(C)N(C)C(C)(C)C1)OC. The Morgan fingerprint density at radius 1 is 0.760 bits per heavy atom. The maximum absolute atomic E-state index is 15.3. The number of likely N-dealkylation sites (tertiary alicyclic amines) is 2. The molecule has 50 heavy (non-hydrogen) atoms. The third kappa shape index (κ3) is 9.43. The third-order valence-electron chi connectivity index (χ3n) is 12.7. The first-order valence-corrected chi connectivity index (χ1v) is 19.1. The van der Waals surface area contributed by atoms with E-state index in [0.29, 0.717) is 37.9 Å². The van der Waals surface area contributed by atoms with Crippen molar-refractivity contribution in [1.29, 1.82) is 0 Å². The fourth-order valence-electron chi connectivity index (χ4n) is 8.89. The predicted octanol–water partition coefficient (Wildman–Crippen LogP) is 9.80. The molecule has 0 N–H and O–H groups in total. The van der Waals surface area contributed by atoms with Gasteiger partial charge in [0.15, 0.2) is 5.78 Å². The van der Waals surface area contributed by atoms with Gasteiger partial charge in [-0.05, 0) is 129 Å². The Kier molecular flexibility index (Phi) is 12.1. The zero-order valence-electron chi connectivity index (χ0n) is 35.3. The molecule has 0 spiro atoms. The lowest BCUT2D eigenvalue weighted by Gasteiger charge is -2.54. The molecule has 284 valence electrons. The number of ether oxygens (including phenoxy) is 2. The highest BCUT2D eigenvalue weighted by Gasteiger charge is 2.52. The smallest absolute Gasteiger partial charge is 0.320 e. The van der Waals surface area contributed by atoms with E-state index in [1.54, 1.807) is 7.11 Å². The van der Waals surface area contributed by atoms with Gasteiger partial charge in [-0.1, -0.05) is 66.3 Å². The normalized spacial score (nSPS) is 22.8. The average Bonchev–Trinajstić information content (AvgIpc) is 2.94. The minimum atomic E-state index is -1.39. The zero-order valence-corrected chi connectivity index (χ0v) is 35.3. The van der Waals surface area contributed by atoms with Crippen LogP contribution in [0, 0.1) is 11.3 Å². The second-order valence-electron chi connectivity index (χ2n) is 20.6. The molecular formula is C44H74N2O4. The number of hydrogen-bond donors (Lipinski definition) is 0. The van der Waals surface area contributed by atoms with E-state index >= 15 is 9.59 Å². The van der Waals surface area contributed by atoms with Crippen LogP contribution in [0.2, 0.25) is 0 Å². The zero-order chi connectivity index (χ0) is 38.5. The van der Waals surface area contributed by atoms with Crippen LogP contribution in [0.1, 0.15) is 159 Å². The number of hydrogen-bond acceptors (Lipinski definition) is 6. The minimum absolute atomic E-state index is 0.0162. The number of benzene rings is 1. The fourth-order valence-corrected chi connectivity index (χ4v) is 8.89. The molecule has 2 fully saturated rings. The molecule has 6 nitrogen and oxygen atoms in total. The topological polar surface area (TPSA) is 59.1 Å². The van der Waals surface area contributed by atoms with E-state index < -0.39 is 11.4 Å². The maximum atomic E-state index is 15.3. The van der Waals surface area contributed by atoms with Gasteiger partial charge in [0.05, 0.1) is 12.9 Å². The summed E-state index contributed by atoms with van der Waals surface area (Å²) >= 11 is 0. The van der Waals surface area contributed by atoms with E-state index in [1.807, 2.05) is 0 Å². The highest BCUT2D eigenvalue weighted by atomic mass is 16.5. The van der Waals surface area contributed by atoms with Gasteiger partial charge in [-0.25, -0.2) is 0 Å². The molecule has 1 aromatic rings. The molecule has 3 rings (SSSR count). The molecule has 0 bridgehead atoms. The van der Waals surface area contributed by atoms with E-state index in [2.05, 4.69) is 146 Å². The Labute approximate surface area is 307 Å². The van der Waals surface area contributed by atoms with Crippen molar-refractivity contribution in [2.45, 2.75) is 187 Å². The molecule has 2 aliphatic heterocycles. The third-order valence-corrected chi connectivity index (χ3v) is 12.7. The molecule has 1 atom stereocenters. The molecule has 1 unspecified atom stereocenters. The van der Waals surface area contributed by atoms with Crippen molar-refractivity contribution in [3.05, 3.63) is 47.2 Å². The van der Waals surface area contributed by atoms with Gasteiger partial charge in [0.2, 0.25) is 0 Å². The van der Waals surface area contributed by atoms with Crippen molar-refractivity contribution in [2.75, 3.05) is 21.2 Å². The lowest BCUT2D eigenvalue weighted by Crippen LogP contribution is -2.61. The van der Waals surface area contributed by atoms with Crippen molar-refractivity contribution in [3.63, 3.8) is 0 Å². The first kappa shape index (κ1) is 42.2. The van der Waals surface area contributed by atoms with Crippen LogP contribution < -0.4 is 0 Å². The Morgan fingerprint density at radius 3 is 1.58 bits per heavy atom. The van der Waals surface area contributed by atoms with Crippen molar-refractivity contribution in [1.82, 2.24) is 9.80 Å². The average molecular weight is 695 g/mol. The highest BCUT2D eigenvalue weighted by Crippen LogP contribution is 2.46. The summed E-state index contributed by atoms with van der Waals surface area (Å²) in [5, 5.41) is 0. The summed E-state index contributed by atoms with van der Waals surface area (Å²) in [5.41, 5.74) is 1.32. The van der Waals surface area contributed by atoms with Gasteiger partial charge in [-0.15, -0.1) is 0 Å². The van der Waals surface area contributed by atoms with Crippen LogP contribution in [0.15, 0.2) is 30.5 Å². The maximum Gasteiger partial charge on any atom is 0.320 e. The molecule has 0 amide bonds. The molecule has 2 heterocycles. The van der Waals surface area contributed by atoms with Crippen LogP contribution in [-0.2, 0) is 36.3 Å². The minimum Gasteiger partial charge on any atom is -0.502 e. The lowest BCUT2D eigenvalue weighted by molar-refractivity contribution is -0.174. The number of carbonyl (C=O) groups is 2.